The minimum absolute atomic E-state index is 0.382. The molecule has 0 saturated heterocycles. The molecule has 1 aromatic rings. The molecule has 0 N–H and O–H groups in total. The molecular weight excluding hydrogens is 212 g/mol. The highest BCUT2D eigenvalue weighted by Crippen LogP contribution is 2.05. The third-order valence-electron chi connectivity index (χ3n) is 2.08. The monoisotopic (exact) mass is 226 g/mol. The minimum atomic E-state index is 0.382. The average molecular weight is 227 g/mol. The SMILES string of the molecule is CCC(CC)O[Si]c1cccc(Cl)c1. The van der Waals surface area contributed by atoms with Gasteiger partial charge in [0, 0.05) is 11.1 Å². The Labute approximate surface area is 93.4 Å². The van der Waals surface area contributed by atoms with Crippen molar-refractivity contribution in [1.82, 2.24) is 0 Å². The smallest absolute Gasteiger partial charge is 0.269 e. The van der Waals surface area contributed by atoms with Crippen molar-refractivity contribution < 1.29 is 4.43 Å². The Morgan fingerprint density at radius 2 is 2.07 bits per heavy atom. The van der Waals surface area contributed by atoms with E-state index in [1.54, 1.807) is 0 Å². The fourth-order valence-corrected chi connectivity index (χ4v) is 2.46. The maximum Gasteiger partial charge on any atom is 0.269 e. The first-order chi connectivity index (χ1) is 6.76. The van der Waals surface area contributed by atoms with E-state index in [0.29, 0.717) is 15.9 Å². The second-order valence-corrected chi connectivity index (χ2v) is 4.62. The van der Waals surface area contributed by atoms with Gasteiger partial charge in [0.05, 0.1) is 0 Å². The van der Waals surface area contributed by atoms with Crippen LogP contribution in [0.15, 0.2) is 24.3 Å². The molecule has 0 fully saturated rings. The van der Waals surface area contributed by atoms with E-state index in [-0.39, 0.29) is 0 Å². The Hall–Kier alpha value is -0.313. The van der Waals surface area contributed by atoms with Crippen molar-refractivity contribution in [2.75, 3.05) is 0 Å². The highest BCUT2D eigenvalue weighted by atomic mass is 35.5. The van der Waals surface area contributed by atoms with Crippen LogP contribution >= 0.6 is 11.6 Å². The summed E-state index contributed by atoms with van der Waals surface area (Å²) in [5, 5.41) is 1.95. The van der Waals surface area contributed by atoms with Gasteiger partial charge in [-0.3, -0.25) is 0 Å². The van der Waals surface area contributed by atoms with Crippen LogP contribution in [0.25, 0.3) is 0 Å². The summed E-state index contributed by atoms with van der Waals surface area (Å²) in [4.78, 5) is 0. The second kappa shape index (κ2) is 6.22. The summed E-state index contributed by atoms with van der Waals surface area (Å²) in [5.74, 6) is 0. The van der Waals surface area contributed by atoms with Crippen LogP contribution in [0.5, 0.6) is 0 Å². The summed E-state index contributed by atoms with van der Waals surface area (Å²) in [7, 11) is 0.410. The van der Waals surface area contributed by atoms with Crippen molar-refractivity contribution >= 4 is 26.6 Å². The van der Waals surface area contributed by atoms with Crippen LogP contribution in [0.3, 0.4) is 0 Å². The zero-order valence-corrected chi connectivity index (χ0v) is 10.3. The largest absolute Gasteiger partial charge is 0.409 e. The lowest BCUT2D eigenvalue weighted by atomic mass is 10.2. The maximum atomic E-state index is 5.88. The van der Waals surface area contributed by atoms with Gasteiger partial charge in [0.15, 0.2) is 0 Å². The van der Waals surface area contributed by atoms with E-state index < -0.39 is 0 Å². The molecule has 3 heteroatoms. The summed E-state index contributed by atoms with van der Waals surface area (Å²) < 4.78 is 5.75. The van der Waals surface area contributed by atoms with E-state index in [0.717, 1.165) is 17.9 Å². The normalized spacial score (nSPS) is 10.9. The van der Waals surface area contributed by atoms with Crippen LogP contribution in [-0.2, 0) is 4.43 Å². The lowest BCUT2D eigenvalue weighted by Crippen LogP contribution is -2.23. The Balaban J connectivity index is 2.44. The maximum absolute atomic E-state index is 5.88. The van der Waals surface area contributed by atoms with Gasteiger partial charge in [-0.15, -0.1) is 0 Å². The van der Waals surface area contributed by atoms with Crippen molar-refractivity contribution in [2.45, 2.75) is 32.8 Å². The predicted molar refractivity (Wildman–Crippen MR) is 62.3 cm³/mol. The third kappa shape index (κ3) is 3.82. The summed E-state index contributed by atoms with van der Waals surface area (Å²) in [6.07, 6.45) is 2.53. The molecule has 1 rings (SSSR count). The van der Waals surface area contributed by atoms with E-state index in [9.17, 15) is 0 Å². The van der Waals surface area contributed by atoms with Gasteiger partial charge in [0.25, 0.3) is 9.76 Å². The van der Waals surface area contributed by atoms with Gasteiger partial charge in [0.2, 0.25) is 0 Å². The van der Waals surface area contributed by atoms with Crippen LogP contribution in [-0.4, -0.2) is 15.9 Å². The second-order valence-electron chi connectivity index (χ2n) is 3.17. The molecule has 0 amide bonds. The molecule has 0 saturated carbocycles. The molecule has 1 aromatic carbocycles. The highest BCUT2D eigenvalue weighted by Gasteiger charge is 2.05. The van der Waals surface area contributed by atoms with E-state index in [4.69, 9.17) is 16.0 Å². The van der Waals surface area contributed by atoms with Gasteiger partial charge in [-0.2, -0.15) is 0 Å². The molecule has 0 spiro atoms. The van der Waals surface area contributed by atoms with Crippen LogP contribution in [0.2, 0.25) is 5.02 Å². The summed E-state index contributed by atoms with van der Waals surface area (Å²) >= 11 is 5.88. The fraction of sp³-hybridized carbons (Fsp3) is 0.455. The molecule has 0 unspecified atom stereocenters. The van der Waals surface area contributed by atoms with Crippen LogP contribution < -0.4 is 5.19 Å². The number of hydrogen-bond acceptors (Lipinski definition) is 1. The minimum Gasteiger partial charge on any atom is -0.409 e. The molecular formula is C11H15ClOSi. The molecule has 0 aliphatic heterocycles. The molecule has 1 nitrogen and oxygen atoms in total. The number of rotatable bonds is 5. The number of benzene rings is 1. The van der Waals surface area contributed by atoms with E-state index in [1.165, 1.54) is 5.19 Å². The quantitative estimate of drug-likeness (QED) is 0.702. The zero-order chi connectivity index (χ0) is 10.4. The predicted octanol–water partition coefficient (Wildman–Crippen LogP) is 2.79. The van der Waals surface area contributed by atoms with E-state index in [1.807, 2.05) is 24.3 Å². The third-order valence-corrected chi connectivity index (χ3v) is 3.31. The van der Waals surface area contributed by atoms with Crippen molar-refractivity contribution in [1.29, 1.82) is 0 Å². The van der Waals surface area contributed by atoms with Crippen molar-refractivity contribution in [3.8, 4) is 0 Å². The average Bonchev–Trinajstić information content (AvgIpc) is 2.19. The van der Waals surface area contributed by atoms with Gasteiger partial charge >= 0.3 is 0 Å². The van der Waals surface area contributed by atoms with Gasteiger partial charge in [-0.05, 0) is 30.2 Å². The lowest BCUT2D eigenvalue weighted by Gasteiger charge is -2.12. The highest BCUT2D eigenvalue weighted by molar-refractivity contribution is 6.47. The first kappa shape index (κ1) is 11.8. The molecule has 0 aliphatic rings. The first-order valence-corrected chi connectivity index (χ1v) is 6.22. The molecule has 0 heterocycles. The Morgan fingerprint density at radius 3 is 2.64 bits per heavy atom. The van der Waals surface area contributed by atoms with Crippen molar-refractivity contribution in [3.63, 3.8) is 0 Å². The van der Waals surface area contributed by atoms with Crippen LogP contribution in [0.4, 0.5) is 0 Å². The molecule has 0 aliphatic carbocycles. The van der Waals surface area contributed by atoms with Gasteiger partial charge in [-0.1, -0.05) is 37.6 Å². The standard InChI is InChI=1S/C11H15ClOSi/c1-3-10(4-2)13-14-11-7-5-6-9(12)8-11/h5-8,10H,3-4H2,1-2H3. The van der Waals surface area contributed by atoms with Crippen LogP contribution in [0.1, 0.15) is 26.7 Å². The van der Waals surface area contributed by atoms with Crippen molar-refractivity contribution in [3.05, 3.63) is 29.3 Å². The number of halogens is 1. The Kier molecular flexibility index (Phi) is 5.23. The number of hydrogen-bond donors (Lipinski definition) is 0. The summed E-state index contributed by atoms with van der Waals surface area (Å²) in [6, 6.07) is 7.85. The Bertz CT molecular complexity index is 274. The molecule has 0 bridgehead atoms. The fourth-order valence-electron chi connectivity index (χ4n) is 1.16. The van der Waals surface area contributed by atoms with Gasteiger partial charge in [0.1, 0.15) is 0 Å². The molecule has 0 aromatic heterocycles. The molecule has 76 valence electrons. The van der Waals surface area contributed by atoms with Crippen molar-refractivity contribution in [2.24, 2.45) is 0 Å². The van der Waals surface area contributed by atoms with Gasteiger partial charge in [-0.25, -0.2) is 0 Å². The molecule has 2 radical (unpaired) electrons. The topological polar surface area (TPSA) is 9.23 Å². The Morgan fingerprint density at radius 1 is 1.36 bits per heavy atom. The summed E-state index contributed by atoms with van der Waals surface area (Å²) in [6.45, 7) is 4.30. The lowest BCUT2D eigenvalue weighted by molar-refractivity contribution is 0.206. The van der Waals surface area contributed by atoms with E-state index >= 15 is 0 Å². The molecule has 0 atom stereocenters. The van der Waals surface area contributed by atoms with Crippen LogP contribution in [0, 0.1) is 0 Å². The van der Waals surface area contributed by atoms with E-state index in [2.05, 4.69) is 13.8 Å². The molecule has 14 heavy (non-hydrogen) atoms. The first-order valence-electron chi connectivity index (χ1n) is 4.93. The zero-order valence-electron chi connectivity index (χ0n) is 8.59. The van der Waals surface area contributed by atoms with Gasteiger partial charge < -0.3 is 4.43 Å². The summed E-state index contributed by atoms with van der Waals surface area (Å²) in [5.41, 5.74) is 0.